The van der Waals surface area contributed by atoms with Crippen molar-refractivity contribution in [3.05, 3.63) is 16.6 Å². The van der Waals surface area contributed by atoms with Crippen molar-refractivity contribution >= 4 is 29.7 Å². The first-order valence-corrected chi connectivity index (χ1v) is 6.58. The van der Waals surface area contributed by atoms with Crippen molar-refractivity contribution in [1.82, 2.24) is 15.6 Å². The molecule has 96 valence electrons. The normalized spacial score (nSPS) is 23.8. The van der Waals surface area contributed by atoms with E-state index in [1.165, 1.54) is 0 Å². The van der Waals surface area contributed by atoms with Crippen molar-refractivity contribution in [3.63, 3.8) is 0 Å². The molecule has 0 spiro atoms. The van der Waals surface area contributed by atoms with Crippen LogP contribution in [0, 0.1) is 5.92 Å². The van der Waals surface area contributed by atoms with Crippen LogP contribution in [0.25, 0.3) is 0 Å². The lowest BCUT2D eigenvalue weighted by Gasteiger charge is -2.27. The quantitative estimate of drug-likeness (QED) is 0.880. The number of amides is 1. The molecule has 17 heavy (non-hydrogen) atoms. The standard InChI is InChI=1S/C11H17N3OS.ClH/c1-8-2-3-12-10(4-8)11(15)13-5-9-6-16-7-14-9;/h6-8,10,12H,2-5H2,1H3,(H,13,15);1H. The van der Waals surface area contributed by atoms with Gasteiger partial charge in [-0.2, -0.15) is 0 Å². The van der Waals surface area contributed by atoms with Crippen LogP contribution < -0.4 is 10.6 Å². The highest BCUT2D eigenvalue weighted by atomic mass is 35.5. The van der Waals surface area contributed by atoms with Crippen molar-refractivity contribution in [3.8, 4) is 0 Å². The molecular weight excluding hydrogens is 258 g/mol. The molecule has 2 rings (SSSR count). The first-order chi connectivity index (χ1) is 7.75. The molecule has 1 fully saturated rings. The molecule has 1 aromatic rings. The minimum absolute atomic E-state index is 0. The number of piperidine rings is 1. The lowest BCUT2D eigenvalue weighted by molar-refractivity contribution is -0.124. The number of rotatable bonds is 3. The van der Waals surface area contributed by atoms with Crippen LogP contribution in [0.15, 0.2) is 10.9 Å². The fourth-order valence-electron chi connectivity index (χ4n) is 1.93. The summed E-state index contributed by atoms with van der Waals surface area (Å²) in [5.41, 5.74) is 2.71. The Bertz CT molecular complexity index is 344. The summed E-state index contributed by atoms with van der Waals surface area (Å²) in [6.45, 7) is 3.67. The third-order valence-electron chi connectivity index (χ3n) is 2.91. The third kappa shape index (κ3) is 4.26. The molecule has 0 aromatic carbocycles. The van der Waals surface area contributed by atoms with Crippen molar-refractivity contribution < 1.29 is 4.79 Å². The molecule has 2 unspecified atom stereocenters. The van der Waals surface area contributed by atoms with Crippen LogP contribution >= 0.6 is 23.7 Å². The second-order valence-electron chi connectivity index (χ2n) is 4.33. The van der Waals surface area contributed by atoms with Gasteiger partial charge in [-0.1, -0.05) is 6.92 Å². The van der Waals surface area contributed by atoms with E-state index in [1.54, 1.807) is 16.8 Å². The van der Waals surface area contributed by atoms with Gasteiger partial charge in [0.25, 0.3) is 0 Å². The summed E-state index contributed by atoms with van der Waals surface area (Å²) >= 11 is 1.55. The van der Waals surface area contributed by atoms with E-state index in [0.717, 1.165) is 25.1 Å². The highest BCUT2D eigenvalue weighted by molar-refractivity contribution is 7.07. The van der Waals surface area contributed by atoms with E-state index in [2.05, 4.69) is 22.5 Å². The summed E-state index contributed by atoms with van der Waals surface area (Å²) in [4.78, 5) is 16.0. The Labute approximate surface area is 112 Å². The van der Waals surface area contributed by atoms with Crippen molar-refractivity contribution in [2.45, 2.75) is 32.4 Å². The SMILES string of the molecule is CC1CCNC(C(=O)NCc2cscn2)C1.Cl. The van der Waals surface area contributed by atoms with Gasteiger partial charge < -0.3 is 10.6 Å². The molecule has 2 atom stereocenters. The van der Waals surface area contributed by atoms with Gasteiger partial charge >= 0.3 is 0 Å². The van der Waals surface area contributed by atoms with Crippen LogP contribution in [0.2, 0.25) is 0 Å². The molecular formula is C11H18ClN3OS. The maximum atomic E-state index is 11.8. The van der Waals surface area contributed by atoms with E-state index in [0.29, 0.717) is 12.5 Å². The van der Waals surface area contributed by atoms with Gasteiger partial charge in [0.15, 0.2) is 0 Å². The van der Waals surface area contributed by atoms with Gasteiger partial charge in [0.05, 0.1) is 23.8 Å². The zero-order valence-electron chi connectivity index (χ0n) is 9.81. The second kappa shape index (κ2) is 6.93. The summed E-state index contributed by atoms with van der Waals surface area (Å²) in [7, 11) is 0. The monoisotopic (exact) mass is 275 g/mol. The zero-order chi connectivity index (χ0) is 11.4. The van der Waals surface area contributed by atoms with Gasteiger partial charge in [0.2, 0.25) is 5.91 Å². The lowest BCUT2D eigenvalue weighted by atomic mass is 9.94. The molecule has 0 radical (unpaired) electrons. The molecule has 2 heterocycles. The maximum Gasteiger partial charge on any atom is 0.237 e. The fourth-order valence-corrected chi connectivity index (χ4v) is 2.49. The molecule has 1 saturated heterocycles. The predicted molar refractivity (Wildman–Crippen MR) is 71.4 cm³/mol. The number of halogens is 1. The lowest BCUT2D eigenvalue weighted by Crippen LogP contribution is -2.48. The smallest absolute Gasteiger partial charge is 0.237 e. The molecule has 6 heteroatoms. The fraction of sp³-hybridized carbons (Fsp3) is 0.636. The summed E-state index contributed by atoms with van der Waals surface area (Å²) in [5.74, 6) is 0.732. The number of carbonyl (C=O) groups is 1. The maximum absolute atomic E-state index is 11.8. The van der Waals surface area contributed by atoms with E-state index in [9.17, 15) is 4.79 Å². The van der Waals surface area contributed by atoms with Crippen molar-refractivity contribution in [1.29, 1.82) is 0 Å². The number of carbonyl (C=O) groups excluding carboxylic acids is 1. The molecule has 0 bridgehead atoms. The highest BCUT2D eigenvalue weighted by Gasteiger charge is 2.24. The first kappa shape index (κ1) is 14.4. The van der Waals surface area contributed by atoms with Crippen LogP contribution in [-0.2, 0) is 11.3 Å². The largest absolute Gasteiger partial charge is 0.349 e. The Hall–Kier alpha value is -0.650. The van der Waals surface area contributed by atoms with Crippen LogP contribution in [0.3, 0.4) is 0 Å². The molecule has 1 aliphatic rings. The Balaban J connectivity index is 0.00000144. The molecule has 1 amide bonds. The number of nitrogens with one attached hydrogen (secondary N) is 2. The molecule has 0 saturated carbocycles. The van der Waals surface area contributed by atoms with E-state index in [4.69, 9.17) is 0 Å². The van der Waals surface area contributed by atoms with Gasteiger partial charge in [-0.15, -0.1) is 23.7 Å². The Morgan fingerprint density at radius 1 is 1.71 bits per heavy atom. The topological polar surface area (TPSA) is 54.0 Å². The van der Waals surface area contributed by atoms with Crippen LogP contribution in [0.4, 0.5) is 0 Å². The van der Waals surface area contributed by atoms with Crippen molar-refractivity contribution in [2.24, 2.45) is 5.92 Å². The molecule has 1 aromatic heterocycles. The van der Waals surface area contributed by atoms with Crippen LogP contribution in [-0.4, -0.2) is 23.5 Å². The van der Waals surface area contributed by atoms with Crippen LogP contribution in [0.1, 0.15) is 25.5 Å². The molecule has 1 aliphatic heterocycles. The van der Waals surface area contributed by atoms with E-state index >= 15 is 0 Å². The minimum Gasteiger partial charge on any atom is -0.349 e. The zero-order valence-corrected chi connectivity index (χ0v) is 11.4. The summed E-state index contributed by atoms with van der Waals surface area (Å²) < 4.78 is 0. The average Bonchev–Trinajstić information content (AvgIpc) is 2.78. The number of nitrogens with zero attached hydrogens (tertiary/aromatic N) is 1. The summed E-state index contributed by atoms with van der Waals surface area (Å²) in [6.07, 6.45) is 2.10. The van der Waals surface area contributed by atoms with Crippen molar-refractivity contribution in [2.75, 3.05) is 6.54 Å². The first-order valence-electron chi connectivity index (χ1n) is 5.64. The summed E-state index contributed by atoms with van der Waals surface area (Å²) in [5, 5.41) is 8.12. The molecule has 2 N–H and O–H groups in total. The Morgan fingerprint density at radius 2 is 2.53 bits per heavy atom. The van der Waals surface area contributed by atoms with Gasteiger partial charge in [0, 0.05) is 5.38 Å². The summed E-state index contributed by atoms with van der Waals surface area (Å²) in [6, 6.07) is -0.0256. The number of hydrogen-bond acceptors (Lipinski definition) is 4. The predicted octanol–water partition coefficient (Wildman–Crippen LogP) is 1.57. The minimum atomic E-state index is -0.0256. The number of aromatic nitrogens is 1. The van der Waals surface area contributed by atoms with Gasteiger partial charge in [-0.25, -0.2) is 4.98 Å². The van der Waals surface area contributed by atoms with E-state index < -0.39 is 0 Å². The number of thiazole rings is 1. The highest BCUT2D eigenvalue weighted by Crippen LogP contribution is 2.15. The molecule has 4 nitrogen and oxygen atoms in total. The second-order valence-corrected chi connectivity index (χ2v) is 5.05. The average molecular weight is 276 g/mol. The van der Waals surface area contributed by atoms with Gasteiger partial charge in [0.1, 0.15) is 0 Å². The van der Waals surface area contributed by atoms with E-state index in [1.807, 2.05) is 5.38 Å². The number of hydrogen-bond donors (Lipinski definition) is 2. The Morgan fingerprint density at radius 3 is 3.18 bits per heavy atom. The van der Waals surface area contributed by atoms with Crippen LogP contribution in [0.5, 0.6) is 0 Å². The Kier molecular flexibility index (Phi) is 5.88. The van der Waals surface area contributed by atoms with Gasteiger partial charge in [-0.05, 0) is 25.3 Å². The van der Waals surface area contributed by atoms with Gasteiger partial charge in [-0.3, -0.25) is 4.79 Å². The van der Waals surface area contributed by atoms with E-state index in [-0.39, 0.29) is 24.4 Å². The third-order valence-corrected chi connectivity index (χ3v) is 3.54. The molecule has 0 aliphatic carbocycles.